The highest BCUT2D eigenvalue weighted by atomic mass is 32.2. The van der Waals surface area contributed by atoms with Gasteiger partial charge in [0.25, 0.3) is 11.5 Å². The highest BCUT2D eigenvalue weighted by molar-refractivity contribution is 8.26. The molecule has 3 heterocycles. The van der Waals surface area contributed by atoms with E-state index in [0.717, 1.165) is 38.5 Å². The minimum atomic E-state index is -0.171. The molecule has 0 aromatic carbocycles. The van der Waals surface area contributed by atoms with Gasteiger partial charge in [0.05, 0.1) is 10.5 Å². The Balaban J connectivity index is 1.55. The molecule has 8 heteroatoms. The van der Waals surface area contributed by atoms with Gasteiger partial charge in [-0.05, 0) is 43.9 Å². The van der Waals surface area contributed by atoms with Gasteiger partial charge in [0.15, 0.2) is 0 Å². The van der Waals surface area contributed by atoms with Crippen molar-refractivity contribution >= 4 is 51.7 Å². The Morgan fingerprint density at radius 3 is 2.58 bits per heavy atom. The zero-order chi connectivity index (χ0) is 21.4. The van der Waals surface area contributed by atoms with Crippen molar-refractivity contribution < 1.29 is 4.79 Å². The number of aromatic nitrogens is 2. The van der Waals surface area contributed by atoms with E-state index in [1.54, 1.807) is 17.2 Å². The van der Waals surface area contributed by atoms with E-state index in [4.69, 9.17) is 17.2 Å². The van der Waals surface area contributed by atoms with E-state index in [9.17, 15) is 9.59 Å². The van der Waals surface area contributed by atoms with Gasteiger partial charge in [0.1, 0.15) is 15.8 Å². The summed E-state index contributed by atoms with van der Waals surface area (Å²) < 4.78 is 2.13. The number of pyridine rings is 1. The van der Waals surface area contributed by atoms with Crippen molar-refractivity contribution in [3.8, 4) is 0 Å². The molecular weight excluding hydrogens is 428 g/mol. The largest absolute Gasteiger partial charge is 0.367 e. The van der Waals surface area contributed by atoms with Gasteiger partial charge in [-0.2, -0.15) is 0 Å². The quantitative estimate of drug-likeness (QED) is 0.539. The third kappa shape index (κ3) is 4.03. The number of thioether (sulfide) groups is 1. The van der Waals surface area contributed by atoms with E-state index in [0.29, 0.717) is 32.3 Å². The number of fused-ring (bicyclic) bond motifs is 1. The summed E-state index contributed by atoms with van der Waals surface area (Å²) >= 11 is 6.83. The summed E-state index contributed by atoms with van der Waals surface area (Å²) in [5.74, 6) is 0.484. The first kappa shape index (κ1) is 20.7. The number of carbonyl (C=O) groups excluding carboxylic acids is 1. The van der Waals surface area contributed by atoms with Crippen LogP contribution in [0.25, 0.3) is 11.7 Å². The van der Waals surface area contributed by atoms with Crippen LogP contribution in [0.5, 0.6) is 0 Å². The number of hydrogen-bond acceptors (Lipinski definition) is 6. The predicted octanol–water partition coefficient (Wildman–Crippen LogP) is 4.58. The van der Waals surface area contributed by atoms with E-state index in [2.05, 4.69) is 5.32 Å². The van der Waals surface area contributed by atoms with Gasteiger partial charge >= 0.3 is 0 Å². The van der Waals surface area contributed by atoms with Gasteiger partial charge in [-0.1, -0.05) is 62.2 Å². The SMILES string of the molecule is O=C1/C(=C/c2c(NC3CCCCC3)nc3ccccn3c2=O)SC(=S)N1C1CCCC1. The van der Waals surface area contributed by atoms with E-state index >= 15 is 0 Å². The molecule has 1 N–H and O–H groups in total. The van der Waals surface area contributed by atoms with Crippen molar-refractivity contribution in [1.29, 1.82) is 0 Å². The van der Waals surface area contributed by atoms with Crippen LogP contribution >= 0.6 is 24.0 Å². The zero-order valence-electron chi connectivity index (χ0n) is 17.4. The maximum absolute atomic E-state index is 13.4. The van der Waals surface area contributed by atoms with Crippen molar-refractivity contribution in [3.63, 3.8) is 0 Å². The Kier molecular flexibility index (Phi) is 5.84. The number of rotatable bonds is 4. The topological polar surface area (TPSA) is 66.7 Å². The molecule has 0 atom stereocenters. The van der Waals surface area contributed by atoms with Crippen LogP contribution in [0.3, 0.4) is 0 Å². The number of hydrogen-bond donors (Lipinski definition) is 1. The van der Waals surface area contributed by atoms with Gasteiger partial charge in [-0.15, -0.1) is 0 Å². The molecule has 1 saturated heterocycles. The monoisotopic (exact) mass is 454 g/mol. The van der Waals surface area contributed by atoms with Crippen LogP contribution in [-0.2, 0) is 4.79 Å². The van der Waals surface area contributed by atoms with Crippen LogP contribution in [0.4, 0.5) is 5.82 Å². The molecular formula is C23H26N4O2S2. The first-order valence-corrected chi connectivity index (χ1v) is 12.4. The average Bonchev–Trinajstić information content (AvgIpc) is 3.39. The molecule has 2 saturated carbocycles. The van der Waals surface area contributed by atoms with Crippen molar-refractivity contribution in [2.75, 3.05) is 5.32 Å². The Hall–Kier alpha value is -2.19. The Bertz CT molecular complexity index is 1110. The number of nitrogens with one attached hydrogen (secondary N) is 1. The normalized spacial score (nSPS) is 22.2. The molecule has 1 aliphatic heterocycles. The fourth-order valence-corrected chi connectivity index (χ4v) is 6.25. The van der Waals surface area contributed by atoms with Gasteiger partial charge in [-0.3, -0.25) is 18.9 Å². The van der Waals surface area contributed by atoms with E-state index < -0.39 is 0 Å². The molecule has 0 bridgehead atoms. The second kappa shape index (κ2) is 8.74. The third-order valence-electron chi connectivity index (χ3n) is 6.50. The second-order valence-corrected chi connectivity index (χ2v) is 10.3. The van der Waals surface area contributed by atoms with E-state index in [1.165, 1.54) is 35.4 Å². The molecule has 6 nitrogen and oxygen atoms in total. The number of thiocarbonyl (C=S) groups is 1. The fraction of sp³-hybridized carbons (Fsp3) is 0.478. The minimum absolute atomic E-state index is 0.0805. The lowest BCUT2D eigenvalue weighted by atomic mass is 9.95. The van der Waals surface area contributed by atoms with Crippen molar-refractivity contribution in [1.82, 2.24) is 14.3 Å². The molecule has 2 aromatic rings. The van der Waals surface area contributed by atoms with Gasteiger partial charge in [0, 0.05) is 18.3 Å². The number of nitrogens with zero attached hydrogens (tertiary/aromatic N) is 3. The summed E-state index contributed by atoms with van der Waals surface area (Å²) in [5, 5.41) is 3.51. The lowest BCUT2D eigenvalue weighted by molar-refractivity contribution is -0.123. The number of carbonyl (C=O) groups is 1. The van der Waals surface area contributed by atoms with Crippen molar-refractivity contribution in [2.45, 2.75) is 69.9 Å². The molecule has 0 unspecified atom stereocenters. The predicted molar refractivity (Wildman–Crippen MR) is 129 cm³/mol. The number of amides is 1. The molecule has 2 aliphatic carbocycles. The maximum Gasteiger partial charge on any atom is 0.267 e. The maximum atomic E-state index is 13.4. The summed E-state index contributed by atoms with van der Waals surface area (Å²) in [5.41, 5.74) is 0.859. The summed E-state index contributed by atoms with van der Waals surface area (Å²) in [6.07, 6.45) is 13.4. The average molecular weight is 455 g/mol. The summed E-state index contributed by atoms with van der Waals surface area (Å²) in [4.78, 5) is 33.6. The molecule has 5 rings (SSSR count). The van der Waals surface area contributed by atoms with Crippen LogP contribution < -0.4 is 10.9 Å². The Morgan fingerprint density at radius 2 is 1.81 bits per heavy atom. The zero-order valence-corrected chi connectivity index (χ0v) is 19.0. The van der Waals surface area contributed by atoms with Crippen LogP contribution in [0.15, 0.2) is 34.1 Å². The molecule has 0 spiro atoms. The molecule has 0 radical (unpaired) electrons. The van der Waals surface area contributed by atoms with Crippen LogP contribution in [0, 0.1) is 0 Å². The highest BCUT2D eigenvalue weighted by Crippen LogP contribution is 2.38. The van der Waals surface area contributed by atoms with Crippen LogP contribution in [0.1, 0.15) is 63.4 Å². The number of anilines is 1. The smallest absolute Gasteiger partial charge is 0.267 e. The van der Waals surface area contributed by atoms with Gasteiger partial charge in [0.2, 0.25) is 0 Å². The van der Waals surface area contributed by atoms with Crippen LogP contribution in [0.2, 0.25) is 0 Å². The van der Waals surface area contributed by atoms with Gasteiger partial charge in [-0.25, -0.2) is 4.98 Å². The summed E-state index contributed by atoms with van der Waals surface area (Å²) in [7, 11) is 0. The molecule has 2 aromatic heterocycles. The molecule has 3 fully saturated rings. The minimum Gasteiger partial charge on any atom is -0.367 e. The van der Waals surface area contributed by atoms with Gasteiger partial charge < -0.3 is 5.32 Å². The Labute approximate surface area is 191 Å². The second-order valence-electron chi connectivity index (χ2n) is 8.58. The first-order chi connectivity index (χ1) is 15.1. The van der Waals surface area contributed by atoms with Crippen molar-refractivity contribution in [3.05, 3.63) is 45.2 Å². The standard InChI is InChI=1S/C23H26N4O2S2/c28-21-17(14-18-22(29)27(23(30)31-18)16-10-4-5-11-16)20(24-15-8-2-1-3-9-15)25-19-12-6-7-13-26(19)21/h6-7,12-16,24H,1-5,8-11H2/b18-14-. The fourth-order valence-electron chi connectivity index (χ4n) is 4.87. The van der Waals surface area contributed by atoms with E-state index in [-0.39, 0.29) is 17.5 Å². The summed E-state index contributed by atoms with van der Waals surface area (Å²) in [6.45, 7) is 0. The first-order valence-electron chi connectivity index (χ1n) is 11.2. The molecule has 1 amide bonds. The molecule has 162 valence electrons. The third-order valence-corrected chi connectivity index (χ3v) is 7.83. The Morgan fingerprint density at radius 1 is 1.06 bits per heavy atom. The molecule has 3 aliphatic rings. The summed E-state index contributed by atoms with van der Waals surface area (Å²) in [6, 6.07) is 6.00. The molecule has 31 heavy (non-hydrogen) atoms. The lowest BCUT2D eigenvalue weighted by Gasteiger charge is -2.24. The highest BCUT2D eigenvalue weighted by Gasteiger charge is 2.38. The van der Waals surface area contributed by atoms with Crippen molar-refractivity contribution in [2.24, 2.45) is 0 Å². The van der Waals surface area contributed by atoms with Crippen LogP contribution in [-0.4, -0.2) is 36.6 Å². The lowest BCUT2D eigenvalue weighted by Crippen LogP contribution is -2.36. The van der Waals surface area contributed by atoms with E-state index in [1.807, 2.05) is 18.2 Å².